The number of nitrogens with one attached hydrogen (secondary N) is 1. The van der Waals surface area contributed by atoms with Gasteiger partial charge in [0.05, 0.1) is 17.9 Å². The van der Waals surface area contributed by atoms with E-state index in [9.17, 15) is 4.79 Å². The van der Waals surface area contributed by atoms with Gasteiger partial charge in [0.1, 0.15) is 0 Å². The molecule has 0 saturated carbocycles. The van der Waals surface area contributed by atoms with Gasteiger partial charge in [0.2, 0.25) is 0 Å². The van der Waals surface area contributed by atoms with Crippen molar-refractivity contribution in [2.75, 3.05) is 25.2 Å². The Morgan fingerprint density at radius 2 is 1.87 bits per heavy atom. The number of carbonyl (C=O) groups excluding carboxylic acids is 1. The molecule has 0 aliphatic carbocycles. The molecular formula is C19H19N3O. The Morgan fingerprint density at radius 3 is 2.78 bits per heavy atom. The number of fused-ring (bicyclic) bond motifs is 2. The van der Waals surface area contributed by atoms with Crippen LogP contribution in [0, 0.1) is 0 Å². The van der Waals surface area contributed by atoms with E-state index < -0.39 is 0 Å². The minimum atomic E-state index is 0.124. The van der Waals surface area contributed by atoms with E-state index in [1.54, 1.807) is 0 Å². The molecule has 2 heterocycles. The normalized spacial score (nSPS) is 14.4. The fourth-order valence-corrected chi connectivity index (χ4v) is 3.32. The number of hydrogen-bond acceptors (Lipinski definition) is 2. The molecular weight excluding hydrogens is 286 g/mol. The largest absolute Gasteiger partial charge is 0.361 e. The first-order valence-electron chi connectivity index (χ1n) is 7.88. The lowest BCUT2D eigenvalue weighted by atomic mass is 10.1. The number of carbonyl (C=O) groups is 1. The predicted octanol–water partition coefficient (Wildman–Crippen LogP) is 3.26. The minimum absolute atomic E-state index is 0.124. The van der Waals surface area contributed by atoms with Crippen molar-refractivity contribution in [2.45, 2.75) is 6.42 Å². The fraction of sp³-hybridized carbons (Fsp3) is 0.211. The van der Waals surface area contributed by atoms with E-state index in [0.29, 0.717) is 6.67 Å². The highest BCUT2D eigenvalue weighted by atomic mass is 16.2. The molecule has 1 aliphatic rings. The van der Waals surface area contributed by atoms with E-state index in [1.807, 2.05) is 42.3 Å². The first kappa shape index (κ1) is 13.9. The summed E-state index contributed by atoms with van der Waals surface area (Å²) in [6, 6.07) is 16.1. The van der Waals surface area contributed by atoms with Gasteiger partial charge in [0.25, 0.3) is 5.91 Å². The zero-order chi connectivity index (χ0) is 15.8. The van der Waals surface area contributed by atoms with Crippen LogP contribution in [0.25, 0.3) is 10.9 Å². The summed E-state index contributed by atoms with van der Waals surface area (Å²) in [5.74, 6) is 0.124. The van der Waals surface area contributed by atoms with Crippen molar-refractivity contribution in [1.29, 1.82) is 0 Å². The molecule has 1 aliphatic heterocycles. The van der Waals surface area contributed by atoms with Crippen molar-refractivity contribution in [3.05, 3.63) is 65.9 Å². The van der Waals surface area contributed by atoms with E-state index >= 15 is 0 Å². The van der Waals surface area contributed by atoms with Gasteiger partial charge in [-0.3, -0.25) is 4.79 Å². The Kier molecular flexibility index (Phi) is 3.30. The van der Waals surface area contributed by atoms with Gasteiger partial charge in [-0.25, -0.2) is 0 Å². The lowest BCUT2D eigenvalue weighted by Crippen LogP contribution is -2.45. The molecule has 0 saturated heterocycles. The second-order valence-corrected chi connectivity index (χ2v) is 6.03. The number of hydrogen-bond donors (Lipinski definition) is 1. The minimum Gasteiger partial charge on any atom is -0.361 e. The van der Waals surface area contributed by atoms with Crippen molar-refractivity contribution < 1.29 is 4.79 Å². The standard InChI is InChI=1S/C19H19N3O/c1-21-13-22(19(23)16-7-3-5-9-18(16)21)11-10-14-12-20-17-8-4-2-6-15(14)17/h2-9,12,20H,10-11,13H2,1H3. The molecule has 0 bridgehead atoms. The monoisotopic (exact) mass is 305 g/mol. The molecule has 2 aromatic carbocycles. The summed E-state index contributed by atoms with van der Waals surface area (Å²) in [5.41, 5.74) is 4.21. The number of para-hydroxylation sites is 2. The van der Waals surface area contributed by atoms with Crippen LogP contribution in [0.1, 0.15) is 15.9 Å². The Balaban J connectivity index is 1.55. The molecule has 4 heteroatoms. The van der Waals surface area contributed by atoms with Gasteiger partial charge in [-0.2, -0.15) is 0 Å². The first-order valence-corrected chi connectivity index (χ1v) is 7.88. The van der Waals surface area contributed by atoms with E-state index in [1.165, 1.54) is 10.9 Å². The Hall–Kier alpha value is -2.75. The number of anilines is 1. The third-order valence-corrected chi connectivity index (χ3v) is 4.54. The summed E-state index contributed by atoms with van der Waals surface area (Å²) in [6.45, 7) is 1.36. The topological polar surface area (TPSA) is 39.3 Å². The maximum Gasteiger partial charge on any atom is 0.257 e. The Morgan fingerprint density at radius 1 is 1.09 bits per heavy atom. The lowest BCUT2D eigenvalue weighted by Gasteiger charge is -2.35. The molecule has 0 unspecified atom stereocenters. The number of aromatic nitrogens is 1. The van der Waals surface area contributed by atoms with Crippen molar-refractivity contribution in [1.82, 2.24) is 9.88 Å². The molecule has 4 nitrogen and oxygen atoms in total. The van der Waals surface area contributed by atoms with Crippen LogP contribution in [0.15, 0.2) is 54.7 Å². The predicted molar refractivity (Wildman–Crippen MR) is 92.8 cm³/mol. The second-order valence-electron chi connectivity index (χ2n) is 6.03. The van der Waals surface area contributed by atoms with Gasteiger partial charge in [-0.1, -0.05) is 30.3 Å². The van der Waals surface area contributed by atoms with Gasteiger partial charge < -0.3 is 14.8 Å². The van der Waals surface area contributed by atoms with Gasteiger partial charge in [-0.05, 0) is 30.2 Å². The zero-order valence-corrected chi connectivity index (χ0v) is 13.1. The maximum atomic E-state index is 12.7. The highest BCUT2D eigenvalue weighted by Gasteiger charge is 2.26. The van der Waals surface area contributed by atoms with Crippen LogP contribution in [-0.4, -0.2) is 36.1 Å². The number of nitrogens with zero attached hydrogens (tertiary/aromatic N) is 2. The third kappa shape index (κ3) is 2.36. The quantitative estimate of drug-likeness (QED) is 0.807. The maximum absolute atomic E-state index is 12.7. The first-order chi connectivity index (χ1) is 11.2. The van der Waals surface area contributed by atoms with E-state index in [4.69, 9.17) is 0 Å². The van der Waals surface area contributed by atoms with Crippen LogP contribution in [-0.2, 0) is 6.42 Å². The van der Waals surface area contributed by atoms with Gasteiger partial charge in [0, 0.05) is 30.7 Å². The molecule has 4 rings (SSSR count). The summed E-state index contributed by atoms with van der Waals surface area (Å²) in [4.78, 5) is 20.0. The number of aromatic amines is 1. The van der Waals surface area contributed by atoms with Crippen LogP contribution in [0.3, 0.4) is 0 Å². The summed E-state index contributed by atoms with van der Waals surface area (Å²) in [6.07, 6.45) is 2.91. The van der Waals surface area contributed by atoms with Crippen molar-refractivity contribution in [3.63, 3.8) is 0 Å². The van der Waals surface area contributed by atoms with Crippen molar-refractivity contribution in [3.8, 4) is 0 Å². The molecule has 0 spiro atoms. The smallest absolute Gasteiger partial charge is 0.257 e. The molecule has 3 aromatic rings. The molecule has 1 aromatic heterocycles. The molecule has 0 atom stereocenters. The molecule has 116 valence electrons. The average Bonchev–Trinajstić information content (AvgIpc) is 3.00. The Labute approximate surface area is 135 Å². The molecule has 1 N–H and O–H groups in total. The van der Waals surface area contributed by atoms with Crippen LogP contribution in [0.4, 0.5) is 5.69 Å². The highest BCUT2D eigenvalue weighted by molar-refractivity contribution is 6.01. The summed E-state index contributed by atoms with van der Waals surface area (Å²) in [5, 5.41) is 1.24. The SMILES string of the molecule is CN1CN(CCc2c[nH]c3ccccc23)C(=O)c2ccccc21. The summed E-state index contributed by atoms with van der Waals surface area (Å²) >= 11 is 0. The number of H-pyrrole nitrogens is 1. The van der Waals surface area contributed by atoms with Crippen LogP contribution < -0.4 is 4.90 Å². The fourth-order valence-electron chi connectivity index (χ4n) is 3.32. The van der Waals surface area contributed by atoms with Gasteiger partial charge in [0.15, 0.2) is 0 Å². The van der Waals surface area contributed by atoms with Crippen LogP contribution >= 0.6 is 0 Å². The number of amides is 1. The molecule has 0 fully saturated rings. The van der Waals surface area contributed by atoms with Crippen molar-refractivity contribution in [2.24, 2.45) is 0 Å². The van der Waals surface area contributed by atoms with Gasteiger partial charge in [-0.15, -0.1) is 0 Å². The summed E-state index contributed by atoms with van der Waals surface area (Å²) in [7, 11) is 2.03. The van der Waals surface area contributed by atoms with Crippen molar-refractivity contribution >= 4 is 22.5 Å². The summed E-state index contributed by atoms with van der Waals surface area (Å²) < 4.78 is 0. The van der Waals surface area contributed by atoms with Crippen LogP contribution in [0.5, 0.6) is 0 Å². The zero-order valence-electron chi connectivity index (χ0n) is 13.1. The van der Waals surface area contributed by atoms with Crippen LogP contribution in [0.2, 0.25) is 0 Å². The number of rotatable bonds is 3. The Bertz CT molecular complexity index is 868. The van der Waals surface area contributed by atoms with E-state index in [2.05, 4.69) is 34.3 Å². The third-order valence-electron chi connectivity index (χ3n) is 4.54. The molecule has 1 amide bonds. The van der Waals surface area contributed by atoms with E-state index in [-0.39, 0.29) is 5.91 Å². The molecule has 23 heavy (non-hydrogen) atoms. The second kappa shape index (κ2) is 5.47. The van der Waals surface area contributed by atoms with Gasteiger partial charge >= 0.3 is 0 Å². The van der Waals surface area contributed by atoms with E-state index in [0.717, 1.165) is 29.7 Å². The lowest BCUT2D eigenvalue weighted by molar-refractivity contribution is 0.0746. The average molecular weight is 305 g/mol. The molecule has 0 radical (unpaired) electrons. The number of benzene rings is 2. The highest BCUT2D eigenvalue weighted by Crippen LogP contribution is 2.26.